The molecule has 1 aromatic carbocycles. The number of nitrogens with two attached hydrogens (primary N) is 1. The number of nitrogen functional groups attached to an aromatic ring is 1. The van der Waals surface area contributed by atoms with E-state index >= 15 is 0 Å². The number of phenolic OH excluding ortho intramolecular Hbond substituents is 2. The first kappa shape index (κ1) is 43.0. The standard InChI is InChI=1S/C33H37ClN6O11S2.Na/c1-15-18(13-40(9-4-5-10-40)11-8-36-27(45)25(43)16-6-7-20(41)26(44)22(16)34)24(30(47)48)39-28(46)17(29(39)53-15)12-21(42)23(19-14-52-32(35)37-19)38-51-33(2,3)31(49)50;/h6-7,14-15,17,29H,4-5,8-13H2,1-3H3,(H6-,35,36,37,38,41,42,43,44,45,47,48,49,50);/q;+1/p-1/t15-,17+,29+;/m0./s1. The summed E-state index contributed by atoms with van der Waals surface area (Å²) in [5.74, 6) is -8.70. The number of ketones is 2. The number of amides is 2. The van der Waals surface area contributed by atoms with Crippen molar-refractivity contribution in [2.45, 2.75) is 56.3 Å². The maximum absolute atomic E-state index is 13.6. The molecule has 0 aliphatic carbocycles. The second kappa shape index (κ2) is 17.0. The number of nitrogens with one attached hydrogen (secondary N) is 1. The molecule has 284 valence electrons. The number of carbonyl (C=O) groups excluding carboxylic acids is 6. The van der Waals surface area contributed by atoms with E-state index in [2.05, 4.69) is 15.5 Å². The molecule has 0 bridgehead atoms. The molecule has 2 amide bonds. The van der Waals surface area contributed by atoms with Crippen LogP contribution < -0.4 is 50.8 Å². The number of carboxylic acids is 2. The van der Waals surface area contributed by atoms with E-state index in [4.69, 9.17) is 22.2 Å². The van der Waals surface area contributed by atoms with Crippen molar-refractivity contribution in [3.05, 3.63) is 45.1 Å². The number of likely N-dealkylation sites (tertiary alicyclic amines) is 1. The number of carbonyl (C=O) groups is 6. The maximum atomic E-state index is 13.6. The first-order valence-corrected chi connectivity index (χ1v) is 18.6. The Kier molecular flexibility index (Phi) is 13.5. The molecule has 21 heteroatoms. The van der Waals surface area contributed by atoms with Crippen molar-refractivity contribution in [1.29, 1.82) is 0 Å². The van der Waals surface area contributed by atoms with Crippen molar-refractivity contribution >= 4 is 80.9 Å². The minimum Gasteiger partial charge on any atom is -0.546 e. The Morgan fingerprint density at radius 2 is 1.85 bits per heavy atom. The first-order chi connectivity index (χ1) is 24.9. The molecule has 5 N–H and O–H groups in total. The predicted molar refractivity (Wildman–Crippen MR) is 187 cm³/mol. The summed E-state index contributed by atoms with van der Waals surface area (Å²) in [6.07, 6.45) is 1.23. The Hall–Kier alpha value is -3.72. The summed E-state index contributed by atoms with van der Waals surface area (Å²) < 4.78 is 0.361. The van der Waals surface area contributed by atoms with Gasteiger partial charge in [0.15, 0.2) is 33.7 Å². The van der Waals surface area contributed by atoms with E-state index in [0.29, 0.717) is 29.7 Å². The number of benzene rings is 1. The van der Waals surface area contributed by atoms with Crippen LogP contribution in [0.2, 0.25) is 5.02 Å². The van der Waals surface area contributed by atoms with E-state index < -0.39 is 80.4 Å². The van der Waals surface area contributed by atoms with Gasteiger partial charge in [0.2, 0.25) is 5.91 Å². The molecule has 3 aliphatic heterocycles. The smallest absolute Gasteiger partial charge is 0.546 e. The van der Waals surface area contributed by atoms with Gasteiger partial charge in [0.1, 0.15) is 12.2 Å². The van der Waals surface area contributed by atoms with Crippen LogP contribution in [-0.4, -0.2) is 115 Å². The molecule has 4 heterocycles. The molecule has 1 aromatic heterocycles. The summed E-state index contributed by atoms with van der Waals surface area (Å²) in [6, 6.07) is 2.16. The SMILES string of the molecule is C[C@@H]1S[C@@H]2[C@H](CC(=O)/C(=N\OC(C)(C)C(=O)[O-])c3csc(N)n3)C(=O)N2C(C(=O)[O-])=C1C[N+]1(CCNC(=O)C(=O)c2ccc(O)c(O)c2Cl)CCCC1.[Na+]. The van der Waals surface area contributed by atoms with Crippen LogP contribution in [0, 0.1) is 5.92 Å². The number of quaternary nitrogens is 1. The number of oxime groups is 1. The number of halogens is 1. The number of phenols is 2. The number of thioether (sulfide) groups is 1. The number of hydrogen-bond donors (Lipinski definition) is 4. The zero-order chi connectivity index (χ0) is 39.0. The van der Waals surface area contributed by atoms with Gasteiger partial charge in [-0.05, 0) is 32.9 Å². The van der Waals surface area contributed by atoms with Crippen molar-refractivity contribution < 1.29 is 88.1 Å². The van der Waals surface area contributed by atoms with Crippen molar-refractivity contribution in [1.82, 2.24) is 15.2 Å². The van der Waals surface area contributed by atoms with Gasteiger partial charge in [-0.1, -0.05) is 16.8 Å². The Morgan fingerprint density at radius 3 is 2.44 bits per heavy atom. The molecule has 17 nitrogen and oxygen atoms in total. The second-order valence-corrected chi connectivity index (χ2v) is 16.2. The fraction of sp³-hybridized carbons (Fsp3) is 0.455. The van der Waals surface area contributed by atoms with Crippen molar-refractivity contribution in [2.75, 3.05) is 38.5 Å². The van der Waals surface area contributed by atoms with Crippen LogP contribution in [0.15, 0.2) is 33.9 Å². The minimum absolute atomic E-state index is 0. The van der Waals surface area contributed by atoms with Crippen LogP contribution in [0.1, 0.15) is 56.1 Å². The molecule has 2 aromatic rings. The van der Waals surface area contributed by atoms with Crippen LogP contribution in [0.5, 0.6) is 11.5 Å². The molecule has 5 rings (SSSR count). The van der Waals surface area contributed by atoms with Crippen molar-refractivity contribution in [3.63, 3.8) is 0 Å². The van der Waals surface area contributed by atoms with Crippen LogP contribution in [0.3, 0.4) is 0 Å². The topological polar surface area (TPSA) is 265 Å². The van der Waals surface area contributed by atoms with Crippen molar-refractivity contribution in [3.8, 4) is 11.5 Å². The normalized spacial score (nSPS) is 20.7. The molecular formula is C33H36ClN6NaO11S2. The number of β-lactam (4-membered cyclic amide) rings is 1. The maximum Gasteiger partial charge on any atom is 1.00 e. The number of hydrogen-bond acceptors (Lipinski definition) is 16. The predicted octanol–water partition coefficient (Wildman–Crippen LogP) is -3.46. The molecule has 54 heavy (non-hydrogen) atoms. The van der Waals surface area contributed by atoms with Gasteiger partial charge in [-0.2, -0.15) is 0 Å². The summed E-state index contributed by atoms with van der Waals surface area (Å²) in [6.45, 7) is 6.00. The van der Waals surface area contributed by atoms with Gasteiger partial charge in [-0.3, -0.25) is 24.1 Å². The number of fused-ring (bicyclic) bond motifs is 1. The molecule has 0 saturated carbocycles. The van der Waals surface area contributed by atoms with Crippen LogP contribution in [-0.2, 0) is 28.8 Å². The van der Waals surface area contributed by atoms with Crippen molar-refractivity contribution in [2.24, 2.45) is 11.1 Å². The fourth-order valence-corrected chi connectivity index (χ4v) is 8.77. The number of aromatic hydroxyl groups is 2. The Morgan fingerprint density at radius 1 is 1.19 bits per heavy atom. The van der Waals surface area contributed by atoms with Gasteiger partial charge in [0.05, 0.1) is 65.7 Å². The quantitative estimate of drug-likeness (QED) is 0.0199. The number of thiazole rings is 1. The zero-order valence-electron chi connectivity index (χ0n) is 29.8. The van der Waals surface area contributed by atoms with Gasteiger partial charge < -0.3 is 50.4 Å². The number of aliphatic carboxylic acids is 2. The van der Waals surface area contributed by atoms with Gasteiger partial charge >= 0.3 is 29.6 Å². The van der Waals surface area contributed by atoms with E-state index in [0.717, 1.165) is 41.2 Å². The summed E-state index contributed by atoms with van der Waals surface area (Å²) >= 11 is 8.26. The molecule has 0 unspecified atom stereocenters. The molecular weight excluding hydrogens is 779 g/mol. The summed E-state index contributed by atoms with van der Waals surface area (Å²) in [5, 5.41) is 49.8. The molecule has 0 radical (unpaired) electrons. The van der Waals surface area contributed by atoms with E-state index in [1.165, 1.54) is 31.0 Å². The summed E-state index contributed by atoms with van der Waals surface area (Å²) in [5.41, 5.74) is 3.38. The number of anilines is 1. The first-order valence-electron chi connectivity index (χ1n) is 16.4. The average molecular weight is 815 g/mol. The fourth-order valence-electron chi connectivity index (χ4n) is 6.47. The molecule has 3 aliphatic rings. The van der Waals surface area contributed by atoms with Crippen LogP contribution in [0.25, 0.3) is 0 Å². The Bertz CT molecular complexity index is 1950. The van der Waals surface area contributed by atoms with Gasteiger partial charge in [-0.25, -0.2) is 4.98 Å². The van der Waals surface area contributed by atoms with Gasteiger partial charge in [0, 0.05) is 35.5 Å². The Labute approximate surface area is 344 Å². The third-order valence-electron chi connectivity index (χ3n) is 9.45. The number of aromatic nitrogens is 1. The number of Topliss-reactive ketones (excluding diaryl/α,β-unsaturated/α-hetero) is 2. The third-order valence-corrected chi connectivity index (χ3v) is 12.0. The number of nitrogens with zero attached hydrogens (tertiary/aromatic N) is 4. The van der Waals surface area contributed by atoms with E-state index in [9.17, 15) is 49.2 Å². The summed E-state index contributed by atoms with van der Waals surface area (Å²) in [7, 11) is 0. The van der Waals surface area contributed by atoms with Gasteiger partial charge in [0.25, 0.3) is 11.7 Å². The zero-order valence-corrected chi connectivity index (χ0v) is 34.1. The molecule has 2 fully saturated rings. The third kappa shape index (κ3) is 8.72. The second-order valence-electron chi connectivity index (χ2n) is 13.4. The van der Waals surface area contributed by atoms with Crippen LogP contribution in [0.4, 0.5) is 5.13 Å². The largest absolute Gasteiger partial charge is 1.00 e. The van der Waals surface area contributed by atoms with Crippen LogP contribution >= 0.6 is 34.7 Å². The van der Waals surface area contributed by atoms with E-state index in [-0.39, 0.29) is 70.4 Å². The molecule has 2 saturated heterocycles. The monoisotopic (exact) mass is 814 g/mol. The Balaban J connectivity index is 0.00000650. The molecule has 3 atom stereocenters. The van der Waals surface area contributed by atoms with E-state index in [1.54, 1.807) is 6.92 Å². The average Bonchev–Trinajstić information content (AvgIpc) is 3.75. The number of rotatable bonds is 15. The number of carboxylic acid groups (broad SMARTS) is 2. The summed E-state index contributed by atoms with van der Waals surface area (Å²) in [4.78, 5) is 87.0. The minimum atomic E-state index is -1.90. The molecule has 0 spiro atoms. The van der Waals surface area contributed by atoms with E-state index in [1.807, 2.05) is 0 Å². The van der Waals surface area contributed by atoms with Gasteiger partial charge in [-0.15, -0.1) is 23.1 Å².